The highest BCUT2D eigenvalue weighted by atomic mass is 32.2. The first-order valence-corrected chi connectivity index (χ1v) is 10.1. The van der Waals surface area contributed by atoms with E-state index in [1.807, 2.05) is 32.0 Å². The summed E-state index contributed by atoms with van der Waals surface area (Å²) in [6, 6.07) is 9.63. The second-order valence-corrected chi connectivity index (χ2v) is 8.84. The van der Waals surface area contributed by atoms with E-state index in [-0.39, 0.29) is 23.4 Å². The number of fused-ring (bicyclic) bond motifs is 1. The molecule has 1 amide bonds. The molecule has 1 saturated carbocycles. The number of nitriles is 1. The highest BCUT2D eigenvalue weighted by Crippen LogP contribution is 2.37. The second kappa shape index (κ2) is 7.35. The molecule has 2 aromatic rings. The third kappa shape index (κ3) is 3.86. The van der Waals surface area contributed by atoms with E-state index >= 15 is 0 Å². The lowest BCUT2D eigenvalue weighted by atomic mass is 9.90. The standard InChI is InChI=1S/C20H24N4O2S/c1-12(2)20(4,11-21)23-17(25)13(3)27-19-22-16-8-6-5-7-15(16)18(26)24(19)14-9-10-14/h5-8,12-14H,9-10H2,1-4H3,(H,23,25)/t13-,20+/m0/s1. The van der Waals surface area contributed by atoms with Crippen LogP contribution in [-0.4, -0.2) is 26.2 Å². The van der Waals surface area contributed by atoms with Crippen molar-refractivity contribution in [2.75, 3.05) is 0 Å². The fourth-order valence-corrected chi connectivity index (χ4v) is 3.71. The number of aromatic nitrogens is 2. The molecule has 1 N–H and O–H groups in total. The maximum Gasteiger partial charge on any atom is 0.262 e. The van der Waals surface area contributed by atoms with E-state index in [9.17, 15) is 14.9 Å². The zero-order valence-electron chi connectivity index (χ0n) is 16.0. The van der Waals surface area contributed by atoms with E-state index in [4.69, 9.17) is 0 Å². The maximum absolute atomic E-state index is 12.9. The molecule has 0 bridgehead atoms. The van der Waals surface area contributed by atoms with Gasteiger partial charge in [-0.25, -0.2) is 4.98 Å². The summed E-state index contributed by atoms with van der Waals surface area (Å²) in [4.78, 5) is 30.2. The van der Waals surface area contributed by atoms with Gasteiger partial charge in [0.05, 0.1) is 22.2 Å². The first-order chi connectivity index (χ1) is 12.8. The summed E-state index contributed by atoms with van der Waals surface area (Å²) in [5.74, 6) is -0.255. The minimum atomic E-state index is -0.932. The molecule has 0 aliphatic heterocycles. The summed E-state index contributed by atoms with van der Waals surface area (Å²) in [6.45, 7) is 7.30. The van der Waals surface area contributed by atoms with E-state index in [1.54, 1.807) is 24.5 Å². The van der Waals surface area contributed by atoms with E-state index < -0.39 is 10.8 Å². The Balaban J connectivity index is 1.90. The van der Waals surface area contributed by atoms with Gasteiger partial charge in [-0.3, -0.25) is 14.2 Å². The predicted molar refractivity (Wildman–Crippen MR) is 107 cm³/mol. The van der Waals surface area contributed by atoms with Crippen LogP contribution in [0.1, 0.15) is 46.6 Å². The average Bonchev–Trinajstić information content (AvgIpc) is 3.46. The molecule has 1 aromatic heterocycles. The van der Waals surface area contributed by atoms with Crippen molar-refractivity contribution in [3.63, 3.8) is 0 Å². The molecule has 0 spiro atoms. The van der Waals surface area contributed by atoms with Gasteiger partial charge in [-0.2, -0.15) is 5.26 Å². The van der Waals surface area contributed by atoms with Crippen LogP contribution in [0, 0.1) is 17.2 Å². The van der Waals surface area contributed by atoms with Crippen molar-refractivity contribution < 1.29 is 4.79 Å². The van der Waals surface area contributed by atoms with Crippen LogP contribution < -0.4 is 10.9 Å². The van der Waals surface area contributed by atoms with E-state index in [0.29, 0.717) is 16.1 Å². The molecule has 1 heterocycles. The molecular weight excluding hydrogens is 360 g/mol. The van der Waals surface area contributed by atoms with Gasteiger partial charge in [-0.1, -0.05) is 37.7 Å². The SMILES string of the molecule is CC(C)[C@@](C)(C#N)NC(=O)[C@H](C)Sc1nc2ccccc2c(=O)n1C1CC1. The molecule has 0 saturated heterocycles. The number of hydrogen-bond acceptors (Lipinski definition) is 5. The molecule has 2 atom stereocenters. The van der Waals surface area contributed by atoms with Crippen LogP contribution in [0.2, 0.25) is 0 Å². The first-order valence-electron chi connectivity index (χ1n) is 9.18. The molecule has 6 nitrogen and oxygen atoms in total. The third-order valence-corrected chi connectivity index (χ3v) is 6.18. The van der Waals surface area contributed by atoms with Gasteiger partial charge >= 0.3 is 0 Å². The lowest BCUT2D eigenvalue weighted by Gasteiger charge is -2.28. The minimum Gasteiger partial charge on any atom is -0.337 e. The molecule has 27 heavy (non-hydrogen) atoms. The fourth-order valence-electron chi connectivity index (χ4n) is 2.73. The molecule has 0 unspecified atom stereocenters. The Morgan fingerprint density at radius 2 is 2.04 bits per heavy atom. The number of nitrogens with zero attached hydrogens (tertiary/aromatic N) is 3. The fraction of sp³-hybridized carbons (Fsp3) is 0.500. The smallest absolute Gasteiger partial charge is 0.262 e. The summed E-state index contributed by atoms with van der Waals surface area (Å²) in [5.41, 5.74) is -0.348. The van der Waals surface area contributed by atoms with Gasteiger partial charge in [0.1, 0.15) is 5.54 Å². The van der Waals surface area contributed by atoms with Crippen LogP contribution in [0.15, 0.2) is 34.2 Å². The summed E-state index contributed by atoms with van der Waals surface area (Å²) in [6.07, 6.45) is 1.90. The number of benzene rings is 1. The van der Waals surface area contributed by atoms with Crippen LogP contribution in [0.25, 0.3) is 10.9 Å². The van der Waals surface area contributed by atoms with E-state index in [1.165, 1.54) is 11.8 Å². The maximum atomic E-state index is 12.9. The van der Waals surface area contributed by atoms with Gasteiger partial charge in [0.15, 0.2) is 5.16 Å². The van der Waals surface area contributed by atoms with Crippen molar-refractivity contribution in [1.82, 2.24) is 14.9 Å². The quantitative estimate of drug-likeness (QED) is 0.610. The third-order valence-electron chi connectivity index (χ3n) is 5.11. The molecule has 1 aromatic carbocycles. The van der Waals surface area contributed by atoms with Crippen LogP contribution in [0.4, 0.5) is 0 Å². The topological polar surface area (TPSA) is 87.8 Å². The Hall–Kier alpha value is -2.33. The summed E-state index contributed by atoms with van der Waals surface area (Å²) in [5, 5.41) is 13.0. The molecular formula is C20H24N4O2S. The first kappa shape index (κ1) is 19.4. The average molecular weight is 385 g/mol. The van der Waals surface area contributed by atoms with Crippen LogP contribution in [0.3, 0.4) is 0 Å². The Morgan fingerprint density at radius 3 is 2.63 bits per heavy atom. The number of rotatable bonds is 6. The molecule has 1 fully saturated rings. The largest absolute Gasteiger partial charge is 0.337 e. The lowest BCUT2D eigenvalue weighted by molar-refractivity contribution is -0.121. The van der Waals surface area contributed by atoms with Gasteiger partial charge in [0, 0.05) is 6.04 Å². The van der Waals surface area contributed by atoms with E-state index in [2.05, 4.69) is 16.4 Å². The number of amides is 1. The number of para-hydroxylation sites is 1. The minimum absolute atomic E-state index is 0.0212. The van der Waals surface area contributed by atoms with Crippen LogP contribution in [0.5, 0.6) is 0 Å². The molecule has 142 valence electrons. The Morgan fingerprint density at radius 1 is 1.37 bits per heavy atom. The zero-order valence-corrected chi connectivity index (χ0v) is 16.8. The van der Waals surface area contributed by atoms with Crippen LogP contribution >= 0.6 is 11.8 Å². The van der Waals surface area contributed by atoms with Crippen LogP contribution in [-0.2, 0) is 4.79 Å². The number of carbonyl (C=O) groups is 1. The Labute approximate surface area is 163 Å². The van der Waals surface area contributed by atoms with Gasteiger partial charge < -0.3 is 5.32 Å². The molecule has 3 rings (SSSR count). The number of nitrogens with one attached hydrogen (secondary N) is 1. The van der Waals surface area contributed by atoms with Crippen molar-refractivity contribution in [3.05, 3.63) is 34.6 Å². The van der Waals surface area contributed by atoms with Crippen molar-refractivity contribution in [2.24, 2.45) is 5.92 Å². The second-order valence-electron chi connectivity index (χ2n) is 7.54. The van der Waals surface area contributed by atoms with Crippen molar-refractivity contribution in [1.29, 1.82) is 5.26 Å². The highest BCUT2D eigenvalue weighted by molar-refractivity contribution is 8.00. The normalized spacial score (nSPS) is 17.3. The summed E-state index contributed by atoms with van der Waals surface area (Å²) < 4.78 is 1.72. The summed E-state index contributed by atoms with van der Waals surface area (Å²) >= 11 is 1.27. The zero-order chi connectivity index (χ0) is 19.8. The molecule has 7 heteroatoms. The highest BCUT2D eigenvalue weighted by Gasteiger charge is 2.33. The lowest BCUT2D eigenvalue weighted by Crippen LogP contribution is -2.51. The Kier molecular flexibility index (Phi) is 5.29. The van der Waals surface area contributed by atoms with E-state index in [0.717, 1.165) is 12.8 Å². The molecule has 1 aliphatic carbocycles. The Bertz CT molecular complexity index is 974. The number of carbonyl (C=O) groups excluding carboxylic acids is 1. The number of hydrogen-bond donors (Lipinski definition) is 1. The summed E-state index contributed by atoms with van der Waals surface area (Å²) in [7, 11) is 0. The van der Waals surface area contributed by atoms with Gasteiger partial charge in [0.25, 0.3) is 5.56 Å². The number of thioether (sulfide) groups is 1. The molecule has 1 aliphatic rings. The van der Waals surface area contributed by atoms with Crippen molar-refractivity contribution in [2.45, 2.75) is 62.5 Å². The predicted octanol–water partition coefficient (Wildman–Crippen LogP) is 3.27. The van der Waals surface area contributed by atoms with Gasteiger partial charge in [0.2, 0.25) is 5.91 Å². The monoisotopic (exact) mass is 384 g/mol. The molecule has 0 radical (unpaired) electrons. The van der Waals surface area contributed by atoms with Crippen molar-refractivity contribution >= 4 is 28.6 Å². The van der Waals surface area contributed by atoms with Gasteiger partial charge in [-0.15, -0.1) is 0 Å². The van der Waals surface area contributed by atoms with Crippen molar-refractivity contribution in [3.8, 4) is 6.07 Å². The van der Waals surface area contributed by atoms with Gasteiger partial charge in [-0.05, 0) is 44.7 Å².